The van der Waals surface area contributed by atoms with Crippen LogP contribution in [0.3, 0.4) is 0 Å². The van der Waals surface area contributed by atoms with Crippen molar-refractivity contribution in [2.75, 3.05) is 18.4 Å². The predicted octanol–water partition coefficient (Wildman–Crippen LogP) is 4.50. The van der Waals surface area contributed by atoms with Crippen molar-refractivity contribution in [3.63, 3.8) is 0 Å². The van der Waals surface area contributed by atoms with Crippen molar-refractivity contribution in [2.45, 2.75) is 58.7 Å². The first kappa shape index (κ1) is 24.6. The first-order valence-corrected chi connectivity index (χ1v) is 12.6. The number of hydrogen-bond donors (Lipinski definition) is 1. The van der Waals surface area contributed by atoms with Gasteiger partial charge in [0.1, 0.15) is 23.1 Å². The molecular weight excluding hydrogens is 470 g/mol. The van der Waals surface area contributed by atoms with E-state index in [0.29, 0.717) is 36.8 Å². The SMILES string of the molecule is CC#Cc1cc(-c2ccn3nc(NC(=O)C4CC4)cc3c2)c(O[C@H]2CCN(C(=O)OC(C)(C)C)C2)cn1. The number of nitrogens with zero attached hydrogens (tertiary/aromatic N) is 4. The van der Waals surface area contributed by atoms with Crippen LogP contribution in [0.5, 0.6) is 5.75 Å². The van der Waals surface area contributed by atoms with Crippen LogP contribution in [0.25, 0.3) is 16.6 Å². The fourth-order valence-electron chi connectivity index (χ4n) is 4.25. The third kappa shape index (κ3) is 5.85. The van der Waals surface area contributed by atoms with Crippen LogP contribution in [0.1, 0.15) is 52.7 Å². The zero-order valence-electron chi connectivity index (χ0n) is 21.6. The van der Waals surface area contributed by atoms with Gasteiger partial charge in [-0.05, 0) is 70.2 Å². The number of anilines is 1. The van der Waals surface area contributed by atoms with E-state index >= 15 is 0 Å². The van der Waals surface area contributed by atoms with Gasteiger partial charge in [0, 0.05) is 36.7 Å². The second kappa shape index (κ2) is 9.77. The molecule has 1 saturated carbocycles. The smallest absolute Gasteiger partial charge is 0.410 e. The Kier molecular flexibility index (Phi) is 6.50. The Morgan fingerprint density at radius 1 is 1.16 bits per heavy atom. The summed E-state index contributed by atoms with van der Waals surface area (Å²) < 4.78 is 13.6. The molecule has 0 bridgehead atoms. The topological polar surface area (TPSA) is 98.1 Å². The highest BCUT2D eigenvalue weighted by Crippen LogP contribution is 2.34. The molecule has 3 aromatic heterocycles. The molecule has 1 aliphatic carbocycles. The van der Waals surface area contributed by atoms with Gasteiger partial charge >= 0.3 is 6.09 Å². The molecule has 3 aromatic rings. The van der Waals surface area contributed by atoms with E-state index in [-0.39, 0.29) is 24.0 Å². The third-order valence-corrected chi connectivity index (χ3v) is 6.18. The van der Waals surface area contributed by atoms with E-state index in [9.17, 15) is 9.59 Å². The highest BCUT2D eigenvalue weighted by Gasteiger charge is 2.32. The molecular formula is C28H31N5O4. The van der Waals surface area contributed by atoms with E-state index in [0.717, 1.165) is 29.5 Å². The minimum absolute atomic E-state index is 0.0215. The summed E-state index contributed by atoms with van der Waals surface area (Å²) in [5.74, 6) is 7.18. The van der Waals surface area contributed by atoms with Crippen LogP contribution in [-0.2, 0) is 9.53 Å². The maximum Gasteiger partial charge on any atom is 0.410 e. The van der Waals surface area contributed by atoms with Crippen LogP contribution in [0.4, 0.5) is 10.6 Å². The van der Waals surface area contributed by atoms with Crippen LogP contribution < -0.4 is 10.1 Å². The van der Waals surface area contributed by atoms with Crippen LogP contribution in [0, 0.1) is 17.8 Å². The Morgan fingerprint density at radius 3 is 2.70 bits per heavy atom. The number of pyridine rings is 2. The fourth-order valence-corrected chi connectivity index (χ4v) is 4.25. The number of carbonyl (C=O) groups excluding carboxylic acids is 2. The molecule has 2 aliphatic rings. The van der Waals surface area contributed by atoms with E-state index in [4.69, 9.17) is 9.47 Å². The Labute approximate surface area is 216 Å². The van der Waals surface area contributed by atoms with Gasteiger partial charge in [-0.1, -0.05) is 5.92 Å². The molecule has 0 aromatic carbocycles. The van der Waals surface area contributed by atoms with Crippen molar-refractivity contribution < 1.29 is 19.1 Å². The number of nitrogens with one attached hydrogen (secondary N) is 1. The van der Waals surface area contributed by atoms with Gasteiger partial charge in [0.2, 0.25) is 5.91 Å². The Hall–Kier alpha value is -4.06. The molecule has 192 valence electrons. The standard InChI is InChI=1S/C28H31N5O4/c1-5-6-20-14-23(19-9-12-33-21(13-19)15-25(31-33)30-26(34)18-7-8-18)24(16-29-20)36-22-10-11-32(17-22)27(35)37-28(2,3)4/h9,12-16,18,22H,7-8,10-11,17H2,1-4H3,(H,30,31,34)/t22-/m0/s1. The van der Waals surface area contributed by atoms with Gasteiger partial charge in [0.15, 0.2) is 5.82 Å². The fraction of sp³-hybridized carbons (Fsp3) is 0.429. The Morgan fingerprint density at radius 2 is 1.97 bits per heavy atom. The van der Waals surface area contributed by atoms with Crippen molar-refractivity contribution in [3.05, 3.63) is 42.4 Å². The van der Waals surface area contributed by atoms with E-state index in [1.54, 1.807) is 22.5 Å². The molecule has 0 radical (unpaired) electrons. The van der Waals surface area contributed by atoms with Crippen LogP contribution in [0.15, 0.2) is 36.7 Å². The molecule has 0 spiro atoms. The predicted molar refractivity (Wildman–Crippen MR) is 139 cm³/mol. The maximum absolute atomic E-state index is 12.5. The largest absolute Gasteiger partial charge is 0.486 e. The van der Waals surface area contributed by atoms with Gasteiger partial charge in [-0.15, -0.1) is 0 Å². The lowest BCUT2D eigenvalue weighted by atomic mass is 10.1. The lowest BCUT2D eigenvalue weighted by Crippen LogP contribution is -2.36. The molecule has 1 atom stereocenters. The average Bonchev–Trinajstić information content (AvgIpc) is 3.46. The molecule has 9 heteroatoms. The number of hydrogen-bond acceptors (Lipinski definition) is 6. The van der Waals surface area contributed by atoms with Gasteiger partial charge in [0.25, 0.3) is 0 Å². The Balaban J connectivity index is 1.38. The van der Waals surface area contributed by atoms with Crippen molar-refractivity contribution in [1.82, 2.24) is 19.5 Å². The lowest BCUT2D eigenvalue weighted by Gasteiger charge is -2.24. The minimum atomic E-state index is -0.545. The highest BCUT2D eigenvalue weighted by atomic mass is 16.6. The summed E-state index contributed by atoms with van der Waals surface area (Å²) in [4.78, 5) is 30.8. The number of fused-ring (bicyclic) bond motifs is 1. The van der Waals surface area contributed by atoms with E-state index in [1.165, 1.54) is 0 Å². The second-order valence-corrected chi connectivity index (χ2v) is 10.5. The van der Waals surface area contributed by atoms with E-state index in [2.05, 4.69) is 27.2 Å². The van der Waals surface area contributed by atoms with Crippen molar-refractivity contribution in [3.8, 4) is 28.7 Å². The molecule has 0 unspecified atom stereocenters. The monoisotopic (exact) mass is 501 g/mol. The number of ether oxygens (including phenoxy) is 2. The number of amides is 2. The summed E-state index contributed by atoms with van der Waals surface area (Å²) in [6.45, 7) is 8.35. The molecule has 2 amide bonds. The molecule has 2 fully saturated rings. The first-order chi connectivity index (χ1) is 17.7. The van der Waals surface area contributed by atoms with E-state index in [1.807, 2.05) is 51.2 Å². The first-order valence-electron chi connectivity index (χ1n) is 12.6. The molecule has 1 saturated heterocycles. The maximum atomic E-state index is 12.5. The van der Waals surface area contributed by atoms with Crippen LogP contribution >= 0.6 is 0 Å². The van der Waals surface area contributed by atoms with Gasteiger partial charge in [-0.25, -0.2) is 14.3 Å². The van der Waals surface area contributed by atoms with Crippen molar-refractivity contribution in [1.29, 1.82) is 0 Å². The van der Waals surface area contributed by atoms with Crippen molar-refractivity contribution >= 4 is 23.3 Å². The summed E-state index contributed by atoms with van der Waals surface area (Å²) in [7, 11) is 0. The number of aromatic nitrogens is 3. The summed E-state index contributed by atoms with van der Waals surface area (Å²) in [6, 6.07) is 7.70. The van der Waals surface area contributed by atoms with Gasteiger partial charge in [0.05, 0.1) is 18.3 Å². The minimum Gasteiger partial charge on any atom is -0.486 e. The van der Waals surface area contributed by atoms with Crippen LogP contribution in [-0.4, -0.2) is 56.3 Å². The molecule has 4 heterocycles. The number of rotatable bonds is 5. The average molecular weight is 502 g/mol. The number of carbonyl (C=O) groups is 2. The van der Waals surface area contributed by atoms with E-state index < -0.39 is 5.60 Å². The second-order valence-electron chi connectivity index (χ2n) is 10.5. The molecule has 9 nitrogen and oxygen atoms in total. The van der Waals surface area contributed by atoms with Gasteiger partial charge in [-0.2, -0.15) is 5.10 Å². The normalized spacial score (nSPS) is 17.3. The summed E-state index contributed by atoms with van der Waals surface area (Å²) >= 11 is 0. The molecule has 1 aliphatic heterocycles. The molecule has 37 heavy (non-hydrogen) atoms. The van der Waals surface area contributed by atoms with Gasteiger partial charge < -0.3 is 19.7 Å². The third-order valence-electron chi connectivity index (χ3n) is 6.18. The molecule has 5 rings (SSSR count). The number of likely N-dealkylation sites (tertiary alicyclic amines) is 1. The summed E-state index contributed by atoms with van der Waals surface area (Å²) in [5.41, 5.74) is 2.68. The lowest BCUT2D eigenvalue weighted by molar-refractivity contribution is -0.117. The quantitative estimate of drug-likeness (QED) is 0.517. The Bertz CT molecular complexity index is 1410. The van der Waals surface area contributed by atoms with Gasteiger partial charge in [-0.3, -0.25) is 4.79 Å². The van der Waals surface area contributed by atoms with Crippen LogP contribution in [0.2, 0.25) is 0 Å². The molecule has 1 N–H and O–H groups in total. The van der Waals surface area contributed by atoms with Crippen molar-refractivity contribution in [2.24, 2.45) is 5.92 Å². The summed E-state index contributed by atoms with van der Waals surface area (Å²) in [6.07, 6.45) is 5.60. The zero-order valence-corrected chi connectivity index (χ0v) is 21.6. The zero-order chi connectivity index (χ0) is 26.2. The highest BCUT2D eigenvalue weighted by molar-refractivity contribution is 5.93. The summed E-state index contributed by atoms with van der Waals surface area (Å²) in [5, 5.41) is 7.37.